The van der Waals surface area contributed by atoms with E-state index in [-0.39, 0.29) is 22.2 Å². The Morgan fingerprint density at radius 1 is 1.16 bits per heavy atom. The van der Waals surface area contributed by atoms with E-state index in [4.69, 9.17) is 11.6 Å². The number of hydrogen-bond donors (Lipinski definition) is 0. The average Bonchev–Trinajstić information content (AvgIpc) is 2.94. The van der Waals surface area contributed by atoms with E-state index in [1.807, 2.05) is 37.5 Å². The van der Waals surface area contributed by atoms with Crippen LogP contribution in [-0.4, -0.2) is 73.2 Å². The Bertz CT molecular complexity index is 687. The first kappa shape index (κ1) is 20.6. The van der Waals surface area contributed by atoms with Crippen LogP contribution in [0.25, 0.3) is 0 Å². The molecule has 9 heteroatoms. The molecular weight excluding hydrogens is 382 g/mol. The summed E-state index contributed by atoms with van der Waals surface area (Å²) in [4.78, 5) is 16.4. The van der Waals surface area contributed by atoms with Crippen molar-refractivity contribution in [3.8, 4) is 0 Å². The van der Waals surface area contributed by atoms with Crippen LogP contribution in [0.5, 0.6) is 0 Å². The van der Waals surface area contributed by atoms with Gasteiger partial charge in [0.05, 0.1) is 10.9 Å². The minimum absolute atomic E-state index is 0.0892. The van der Waals surface area contributed by atoms with E-state index >= 15 is 0 Å². The van der Waals surface area contributed by atoms with Gasteiger partial charge in [0, 0.05) is 38.3 Å². The predicted octanol–water partition coefficient (Wildman–Crippen LogP) is 2.35. The third-order valence-electron chi connectivity index (χ3n) is 4.23. The average molecular weight is 408 g/mol. The molecular formula is C16H26ClN3O3S2. The van der Waals surface area contributed by atoms with Crippen LogP contribution in [0.15, 0.2) is 16.3 Å². The monoisotopic (exact) mass is 407 g/mol. The summed E-state index contributed by atoms with van der Waals surface area (Å²) in [5.74, 6) is 0.0892. The summed E-state index contributed by atoms with van der Waals surface area (Å²) in [5.41, 5.74) is 0. The van der Waals surface area contributed by atoms with E-state index < -0.39 is 10.0 Å². The normalized spacial score (nSPS) is 17.4. The molecule has 1 aliphatic rings. The highest BCUT2D eigenvalue weighted by atomic mass is 35.5. The second-order valence-electron chi connectivity index (χ2n) is 6.73. The Morgan fingerprint density at radius 3 is 2.16 bits per heavy atom. The van der Waals surface area contributed by atoms with E-state index in [1.54, 1.807) is 12.1 Å². The number of sulfonamides is 1. The lowest BCUT2D eigenvalue weighted by molar-refractivity contribution is -0.136. The molecule has 0 spiro atoms. The standard InChI is InChI=1S/C16H26ClN3O3S2/c1-12(2)20(13(3)4)15(21)11-18-7-9-19(10-8-18)25(22,23)16-6-5-14(17)24-16/h5-6,12-13H,7-11H2,1-4H3. The fraction of sp³-hybridized carbons (Fsp3) is 0.688. The molecule has 0 radical (unpaired) electrons. The molecule has 1 aromatic rings. The minimum atomic E-state index is -3.49. The van der Waals surface area contributed by atoms with E-state index in [1.165, 1.54) is 4.31 Å². The Morgan fingerprint density at radius 2 is 1.72 bits per heavy atom. The Balaban J connectivity index is 1.94. The largest absolute Gasteiger partial charge is 0.337 e. The highest BCUT2D eigenvalue weighted by Gasteiger charge is 2.31. The molecule has 1 saturated heterocycles. The van der Waals surface area contributed by atoms with Crippen LogP contribution >= 0.6 is 22.9 Å². The van der Waals surface area contributed by atoms with Crippen molar-refractivity contribution >= 4 is 38.9 Å². The van der Waals surface area contributed by atoms with E-state index in [2.05, 4.69) is 0 Å². The van der Waals surface area contributed by atoms with Crippen LogP contribution in [0, 0.1) is 0 Å². The van der Waals surface area contributed by atoms with Crippen LogP contribution in [0.4, 0.5) is 0 Å². The third-order valence-corrected chi connectivity index (χ3v) is 7.83. The van der Waals surface area contributed by atoms with Gasteiger partial charge < -0.3 is 4.90 Å². The first-order chi connectivity index (χ1) is 11.6. The summed E-state index contributed by atoms with van der Waals surface area (Å²) < 4.78 is 27.4. The van der Waals surface area contributed by atoms with Gasteiger partial charge in [0.25, 0.3) is 10.0 Å². The van der Waals surface area contributed by atoms with Gasteiger partial charge in [0.15, 0.2) is 0 Å². The number of halogens is 1. The topological polar surface area (TPSA) is 60.9 Å². The fourth-order valence-electron chi connectivity index (χ4n) is 3.14. The summed E-state index contributed by atoms with van der Waals surface area (Å²) >= 11 is 6.92. The zero-order valence-corrected chi connectivity index (χ0v) is 17.5. The van der Waals surface area contributed by atoms with Gasteiger partial charge in [-0.15, -0.1) is 11.3 Å². The van der Waals surface area contributed by atoms with Gasteiger partial charge in [-0.25, -0.2) is 8.42 Å². The first-order valence-corrected chi connectivity index (χ1v) is 11.1. The SMILES string of the molecule is CC(C)N(C(=O)CN1CCN(S(=O)(=O)c2ccc(Cl)s2)CC1)C(C)C. The second kappa shape index (κ2) is 8.35. The molecule has 25 heavy (non-hydrogen) atoms. The summed E-state index contributed by atoms with van der Waals surface area (Å²) in [6, 6.07) is 3.44. The lowest BCUT2D eigenvalue weighted by Crippen LogP contribution is -2.53. The molecule has 1 fully saturated rings. The molecule has 2 heterocycles. The Kier molecular flexibility index (Phi) is 6.89. The minimum Gasteiger partial charge on any atom is -0.337 e. The number of amides is 1. The second-order valence-corrected chi connectivity index (χ2v) is 10.6. The molecule has 1 amide bonds. The maximum absolute atomic E-state index is 12.6. The number of carbonyl (C=O) groups excluding carboxylic acids is 1. The molecule has 0 unspecified atom stereocenters. The van der Waals surface area contributed by atoms with Crippen molar-refractivity contribution < 1.29 is 13.2 Å². The smallest absolute Gasteiger partial charge is 0.252 e. The van der Waals surface area contributed by atoms with Crippen LogP contribution in [0.1, 0.15) is 27.7 Å². The van der Waals surface area contributed by atoms with Gasteiger partial charge >= 0.3 is 0 Å². The molecule has 0 bridgehead atoms. The van der Waals surface area contributed by atoms with Crippen molar-refractivity contribution in [1.82, 2.24) is 14.1 Å². The fourth-order valence-corrected chi connectivity index (χ4v) is 6.20. The van der Waals surface area contributed by atoms with E-state index in [9.17, 15) is 13.2 Å². The van der Waals surface area contributed by atoms with Crippen molar-refractivity contribution in [3.63, 3.8) is 0 Å². The van der Waals surface area contributed by atoms with Gasteiger partial charge in [-0.1, -0.05) is 11.6 Å². The van der Waals surface area contributed by atoms with Crippen molar-refractivity contribution in [2.24, 2.45) is 0 Å². The number of rotatable bonds is 6. The van der Waals surface area contributed by atoms with Crippen molar-refractivity contribution in [2.45, 2.75) is 44.0 Å². The molecule has 0 N–H and O–H groups in total. The van der Waals surface area contributed by atoms with Crippen molar-refractivity contribution in [1.29, 1.82) is 0 Å². The van der Waals surface area contributed by atoms with Gasteiger partial charge in [-0.3, -0.25) is 9.69 Å². The zero-order valence-electron chi connectivity index (χ0n) is 15.1. The summed E-state index contributed by atoms with van der Waals surface area (Å²) in [7, 11) is -3.49. The van der Waals surface area contributed by atoms with E-state index in [0.29, 0.717) is 37.1 Å². The lowest BCUT2D eigenvalue weighted by Gasteiger charge is -2.36. The molecule has 1 aromatic heterocycles. The maximum Gasteiger partial charge on any atom is 0.252 e. The molecule has 0 aliphatic carbocycles. The molecule has 1 aliphatic heterocycles. The van der Waals surface area contributed by atoms with Crippen LogP contribution in [-0.2, 0) is 14.8 Å². The number of nitrogens with zero attached hydrogens (tertiary/aromatic N) is 3. The number of piperazine rings is 1. The Labute approximate surface area is 159 Å². The van der Waals surface area contributed by atoms with E-state index in [0.717, 1.165) is 11.3 Å². The van der Waals surface area contributed by atoms with Crippen LogP contribution < -0.4 is 0 Å². The van der Waals surface area contributed by atoms with Gasteiger partial charge in [0.1, 0.15) is 4.21 Å². The molecule has 0 atom stereocenters. The summed E-state index contributed by atoms with van der Waals surface area (Å²) in [6.07, 6.45) is 0. The molecule has 2 rings (SSSR count). The van der Waals surface area contributed by atoms with Crippen molar-refractivity contribution in [3.05, 3.63) is 16.5 Å². The van der Waals surface area contributed by atoms with Crippen LogP contribution in [0.2, 0.25) is 4.34 Å². The van der Waals surface area contributed by atoms with Gasteiger partial charge in [-0.2, -0.15) is 4.31 Å². The summed E-state index contributed by atoms with van der Waals surface area (Å²) in [5, 5.41) is 0. The molecule has 142 valence electrons. The highest BCUT2D eigenvalue weighted by Crippen LogP contribution is 2.28. The number of thiophene rings is 1. The number of hydrogen-bond acceptors (Lipinski definition) is 5. The van der Waals surface area contributed by atoms with Crippen LogP contribution in [0.3, 0.4) is 0 Å². The van der Waals surface area contributed by atoms with Crippen molar-refractivity contribution in [2.75, 3.05) is 32.7 Å². The molecule has 0 aromatic carbocycles. The Hall–Kier alpha value is -0.670. The third kappa shape index (κ3) is 4.95. The maximum atomic E-state index is 12.6. The van der Waals surface area contributed by atoms with Gasteiger partial charge in [0.2, 0.25) is 5.91 Å². The number of carbonyl (C=O) groups is 1. The zero-order chi connectivity index (χ0) is 18.8. The van der Waals surface area contributed by atoms with Gasteiger partial charge in [-0.05, 0) is 39.8 Å². The quantitative estimate of drug-likeness (QED) is 0.726. The highest BCUT2D eigenvalue weighted by molar-refractivity contribution is 7.91. The molecule has 0 saturated carbocycles. The predicted molar refractivity (Wildman–Crippen MR) is 102 cm³/mol. The molecule has 6 nitrogen and oxygen atoms in total. The lowest BCUT2D eigenvalue weighted by atomic mass is 10.2. The summed E-state index contributed by atoms with van der Waals surface area (Å²) in [6.45, 7) is 10.2. The first-order valence-electron chi connectivity index (χ1n) is 8.42.